The minimum atomic E-state index is -4.38. The lowest BCUT2D eigenvalue weighted by Gasteiger charge is -2.20. The Hall–Kier alpha value is -3.70. The molecule has 9 nitrogen and oxygen atoms in total. The summed E-state index contributed by atoms with van der Waals surface area (Å²) in [6.07, 6.45) is -1.45. The predicted octanol–water partition coefficient (Wildman–Crippen LogP) is 1.97. The van der Waals surface area contributed by atoms with Gasteiger partial charge in [-0.25, -0.2) is 9.97 Å². The van der Waals surface area contributed by atoms with Gasteiger partial charge in [0.15, 0.2) is 17.0 Å². The summed E-state index contributed by atoms with van der Waals surface area (Å²) in [4.78, 5) is 27.6. The lowest BCUT2D eigenvalue weighted by atomic mass is 10.1. The van der Waals surface area contributed by atoms with Crippen molar-refractivity contribution in [3.63, 3.8) is 0 Å². The Kier molecular flexibility index (Phi) is 3.31. The van der Waals surface area contributed by atoms with Crippen LogP contribution in [0, 0.1) is 11.8 Å². The van der Waals surface area contributed by atoms with Crippen LogP contribution in [-0.4, -0.2) is 41.8 Å². The molecule has 2 aliphatic carbocycles. The fourth-order valence-corrected chi connectivity index (χ4v) is 5.69. The number of hydrogen-bond donors (Lipinski definition) is 0. The van der Waals surface area contributed by atoms with Crippen molar-refractivity contribution in [3.05, 3.63) is 64.6 Å². The number of imidazole rings is 1. The van der Waals surface area contributed by atoms with Crippen LogP contribution in [0.4, 0.5) is 18.9 Å². The van der Waals surface area contributed by atoms with Crippen molar-refractivity contribution in [1.82, 2.24) is 29.2 Å². The van der Waals surface area contributed by atoms with E-state index in [9.17, 15) is 18.0 Å². The van der Waals surface area contributed by atoms with Gasteiger partial charge in [0, 0.05) is 31.2 Å². The zero-order valence-electron chi connectivity index (χ0n) is 17.2. The monoisotopic (exact) mass is 455 g/mol. The molecule has 12 heteroatoms. The van der Waals surface area contributed by atoms with Gasteiger partial charge < -0.3 is 14.0 Å². The number of aryl methyl sites for hydroxylation is 1. The first-order valence-electron chi connectivity index (χ1n) is 10.4. The quantitative estimate of drug-likeness (QED) is 0.464. The number of fused-ring (bicyclic) bond motifs is 2. The van der Waals surface area contributed by atoms with Crippen molar-refractivity contribution in [3.8, 4) is 0 Å². The Morgan fingerprint density at radius 3 is 2.85 bits per heavy atom. The summed E-state index contributed by atoms with van der Waals surface area (Å²) in [5.74, 6) is 1.48. The maximum Gasteiger partial charge on any atom is 0.416 e. The van der Waals surface area contributed by atoms with E-state index in [0.29, 0.717) is 41.1 Å². The number of hydrogen-bond acceptors (Lipinski definition) is 7. The first kappa shape index (κ1) is 18.8. The molecular weight excluding hydrogens is 439 g/mol. The molecule has 2 aliphatic heterocycles. The maximum atomic E-state index is 13.1. The third-order valence-corrected chi connectivity index (χ3v) is 7.31. The van der Waals surface area contributed by atoms with Crippen molar-refractivity contribution in [2.75, 3.05) is 11.4 Å². The van der Waals surface area contributed by atoms with Crippen LogP contribution in [0.1, 0.15) is 17.3 Å². The van der Waals surface area contributed by atoms with E-state index in [1.807, 2.05) is 4.90 Å². The number of halogens is 3. The van der Waals surface area contributed by atoms with E-state index < -0.39 is 11.7 Å². The third-order valence-electron chi connectivity index (χ3n) is 7.31. The summed E-state index contributed by atoms with van der Waals surface area (Å²) in [6, 6.07) is 5.50. The summed E-state index contributed by atoms with van der Waals surface area (Å²) >= 11 is 0. The molecule has 2 bridgehead atoms. The molecule has 2 saturated carbocycles. The van der Waals surface area contributed by atoms with Crippen LogP contribution in [0.5, 0.6) is 0 Å². The number of nitrogens with zero attached hydrogens (tertiary/aromatic N) is 7. The van der Waals surface area contributed by atoms with Gasteiger partial charge in [-0.15, -0.1) is 0 Å². The molecule has 2 saturated heterocycles. The Morgan fingerprint density at radius 2 is 2.06 bits per heavy atom. The molecule has 1 unspecified atom stereocenters. The highest BCUT2D eigenvalue weighted by Crippen LogP contribution is 2.85. The highest BCUT2D eigenvalue weighted by molar-refractivity contribution is 5.69. The normalized spacial score (nSPS) is 27.3. The van der Waals surface area contributed by atoms with Gasteiger partial charge in [-0.1, -0.05) is 11.2 Å². The summed E-state index contributed by atoms with van der Waals surface area (Å²) in [7, 11) is 1.72. The van der Waals surface area contributed by atoms with Crippen LogP contribution in [0.2, 0.25) is 0 Å². The molecule has 4 aliphatic rings. The molecule has 4 fully saturated rings. The van der Waals surface area contributed by atoms with Crippen molar-refractivity contribution in [2.24, 2.45) is 18.9 Å². The lowest BCUT2D eigenvalue weighted by molar-refractivity contribution is -0.137. The number of rotatable bonds is 4. The highest BCUT2D eigenvalue weighted by atomic mass is 19.4. The van der Waals surface area contributed by atoms with Crippen molar-refractivity contribution < 1.29 is 17.7 Å². The molecule has 0 amide bonds. The highest BCUT2D eigenvalue weighted by Gasteiger charge is 2.95. The zero-order chi connectivity index (χ0) is 22.7. The van der Waals surface area contributed by atoms with Crippen LogP contribution in [0.25, 0.3) is 11.2 Å². The second-order valence-electron chi connectivity index (χ2n) is 8.93. The Balaban J connectivity index is 1.14. The van der Waals surface area contributed by atoms with E-state index >= 15 is 0 Å². The van der Waals surface area contributed by atoms with Crippen LogP contribution < -0.4 is 10.5 Å². The largest absolute Gasteiger partial charge is 0.416 e. The van der Waals surface area contributed by atoms with E-state index in [0.717, 1.165) is 6.07 Å². The molecule has 0 N–H and O–H groups in total. The fourth-order valence-electron chi connectivity index (χ4n) is 5.69. The Labute approximate surface area is 183 Å². The molecular formula is C21H16F3N7O2. The van der Waals surface area contributed by atoms with E-state index in [1.54, 1.807) is 17.7 Å². The van der Waals surface area contributed by atoms with Crippen molar-refractivity contribution in [2.45, 2.75) is 24.2 Å². The fraction of sp³-hybridized carbons (Fsp3) is 0.381. The van der Waals surface area contributed by atoms with E-state index in [2.05, 4.69) is 20.1 Å². The van der Waals surface area contributed by atoms with Gasteiger partial charge in [0.05, 0.1) is 17.3 Å². The zero-order valence-corrected chi connectivity index (χ0v) is 17.2. The minimum Gasteiger partial charge on any atom is -0.367 e. The number of aromatic nitrogens is 6. The van der Waals surface area contributed by atoms with Crippen LogP contribution in [0.3, 0.4) is 0 Å². The smallest absolute Gasteiger partial charge is 0.367 e. The standard InChI is InChI=1S/C21H16F3N7O2/c1-29-8-25-17-15(29)18(32)30(9-26-17)7-13-27-19(28-33-13)20-12-6-31(16(20)14(12)20)11-4-2-3-10(5-11)21(22,23)24/h2-5,8-9,12,14,16H,6-7H2,1H3/t12-,14-,16?,20-/m1/s1. The van der Waals surface area contributed by atoms with Crippen LogP contribution in [-0.2, 0) is 25.2 Å². The topological polar surface area (TPSA) is 94.9 Å². The summed E-state index contributed by atoms with van der Waals surface area (Å²) in [5.41, 5.74) is 0.144. The number of piperidine rings is 1. The van der Waals surface area contributed by atoms with Gasteiger partial charge in [-0.05, 0) is 24.1 Å². The van der Waals surface area contributed by atoms with E-state index in [-0.39, 0.29) is 29.5 Å². The number of alkyl halides is 3. The Bertz CT molecular complexity index is 1500. The molecule has 0 spiro atoms. The lowest BCUT2D eigenvalue weighted by Crippen LogP contribution is -2.24. The molecule has 0 radical (unpaired) electrons. The predicted molar refractivity (Wildman–Crippen MR) is 107 cm³/mol. The second kappa shape index (κ2) is 5.80. The number of anilines is 1. The van der Waals surface area contributed by atoms with Crippen LogP contribution in [0.15, 0.2) is 46.2 Å². The first-order chi connectivity index (χ1) is 15.8. The van der Waals surface area contributed by atoms with Gasteiger partial charge in [0.2, 0.25) is 5.89 Å². The number of benzene rings is 1. The molecule has 4 atom stereocenters. The van der Waals surface area contributed by atoms with Gasteiger partial charge in [0.1, 0.15) is 12.9 Å². The molecule has 33 heavy (non-hydrogen) atoms. The van der Waals surface area contributed by atoms with Crippen molar-refractivity contribution >= 4 is 16.9 Å². The second-order valence-corrected chi connectivity index (χ2v) is 8.93. The average Bonchev–Trinajstić information content (AvgIpc) is 3.23. The molecule has 3 aromatic heterocycles. The molecule has 5 heterocycles. The van der Waals surface area contributed by atoms with Crippen LogP contribution >= 0.6 is 0 Å². The maximum absolute atomic E-state index is 13.1. The van der Waals surface area contributed by atoms with Gasteiger partial charge in [-0.2, -0.15) is 18.2 Å². The van der Waals surface area contributed by atoms with Gasteiger partial charge in [-0.3, -0.25) is 9.36 Å². The summed E-state index contributed by atoms with van der Waals surface area (Å²) in [6.45, 7) is 0.744. The van der Waals surface area contributed by atoms with Gasteiger partial charge >= 0.3 is 6.18 Å². The minimum absolute atomic E-state index is 0.0756. The Morgan fingerprint density at radius 1 is 1.24 bits per heavy atom. The molecule has 4 aromatic rings. The molecule has 168 valence electrons. The van der Waals surface area contributed by atoms with Gasteiger partial charge in [0.25, 0.3) is 5.56 Å². The molecule has 8 rings (SSSR count). The average molecular weight is 455 g/mol. The summed E-state index contributed by atoms with van der Waals surface area (Å²) in [5, 5.41) is 4.17. The molecule has 1 aromatic carbocycles. The van der Waals surface area contributed by atoms with Crippen molar-refractivity contribution in [1.29, 1.82) is 0 Å². The van der Waals surface area contributed by atoms with E-state index in [1.165, 1.54) is 29.4 Å². The van der Waals surface area contributed by atoms with E-state index in [4.69, 9.17) is 4.52 Å². The third kappa shape index (κ3) is 2.35. The SMILES string of the molecule is Cn1cnc2ncn(Cc3nc([C@@]45C6[C@H]4[C@H]5CN6c4cccc(C(F)(F)F)c4)no3)c(=O)c21. The summed E-state index contributed by atoms with van der Waals surface area (Å²) < 4.78 is 47.8. The first-order valence-corrected chi connectivity index (χ1v) is 10.4.